The van der Waals surface area contributed by atoms with E-state index in [2.05, 4.69) is 15.6 Å². The van der Waals surface area contributed by atoms with Crippen molar-refractivity contribution < 1.29 is 4.79 Å². The highest BCUT2D eigenvalue weighted by Gasteiger charge is 2.36. The Labute approximate surface area is 134 Å². The van der Waals surface area contributed by atoms with Crippen LogP contribution in [0.1, 0.15) is 16.8 Å². The fraction of sp³-hybridized carbons (Fsp3) is 0.375. The third kappa shape index (κ3) is 2.92. The summed E-state index contributed by atoms with van der Waals surface area (Å²) in [6, 6.07) is 9.35. The van der Waals surface area contributed by atoms with Gasteiger partial charge in [-0.05, 0) is 25.1 Å². The zero-order valence-electron chi connectivity index (χ0n) is 12.2. The average Bonchev–Trinajstić information content (AvgIpc) is 2.55. The number of hydrogen-bond donors (Lipinski definition) is 3. The quantitative estimate of drug-likeness (QED) is 0.744. The third-order valence-corrected chi connectivity index (χ3v) is 4.76. The maximum Gasteiger partial charge on any atom is 0.253 e. The number of carbonyl (C=O) groups excluding carboxylic acids is 1. The van der Waals surface area contributed by atoms with E-state index < -0.39 is 5.54 Å². The lowest BCUT2D eigenvalue weighted by Crippen LogP contribution is -2.62. The first kappa shape index (κ1) is 15.2. The van der Waals surface area contributed by atoms with Crippen molar-refractivity contribution in [3.63, 3.8) is 0 Å². The minimum atomic E-state index is -0.583. The van der Waals surface area contributed by atoms with Crippen molar-refractivity contribution in [3.05, 3.63) is 42.1 Å². The summed E-state index contributed by atoms with van der Waals surface area (Å²) < 4.78 is 0. The molecule has 2 heterocycles. The molecule has 0 saturated carbocycles. The second-order valence-electron chi connectivity index (χ2n) is 5.72. The average molecular weight is 319 g/mol. The maximum absolute atomic E-state index is 12.5. The van der Waals surface area contributed by atoms with Crippen LogP contribution in [0.4, 0.5) is 0 Å². The molecule has 0 radical (unpaired) electrons. The number of para-hydroxylation sites is 1. The number of pyridine rings is 1. The Bertz CT molecular complexity index is 687. The zero-order chi connectivity index (χ0) is 15.6. The number of amides is 1. The van der Waals surface area contributed by atoms with Crippen LogP contribution in [0.3, 0.4) is 0 Å². The van der Waals surface area contributed by atoms with Gasteiger partial charge in [0.25, 0.3) is 5.91 Å². The molecule has 1 aromatic heterocycles. The van der Waals surface area contributed by atoms with Crippen LogP contribution in [0.15, 0.2) is 36.5 Å². The molecule has 1 fully saturated rings. The van der Waals surface area contributed by atoms with Crippen molar-refractivity contribution in [2.24, 2.45) is 5.73 Å². The van der Waals surface area contributed by atoms with Crippen LogP contribution in [-0.4, -0.2) is 41.4 Å². The molecular formula is C16H19ClN4O. The van der Waals surface area contributed by atoms with Gasteiger partial charge < -0.3 is 16.4 Å². The van der Waals surface area contributed by atoms with E-state index in [9.17, 15) is 4.79 Å². The zero-order valence-corrected chi connectivity index (χ0v) is 12.9. The molecule has 1 saturated heterocycles. The summed E-state index contributed by atoms with van der Waals surface area (Å²) in [5, 5.41) is 6.85. The molecule has 2 unspecified atom stereocenters. The summed E-state index contributed by atoms with van der Waals surface area (Å²) in [4.78, 5) is 16.8. The first-order valence-corrected chi connectivity index (χ1v) is 7.79. The number of halogens is 1. The molecule has 6 heteroatoms. The molecule has 116 valence electrons. The fourth-order valence-corrected chi connectivity index (χ4v) is 3.03. The predicted octanol–water partition coefficient (Wildman–Crippen LogP) is 1.26. The van der Waals surface area contributed by atoms with Crippen molar-refractivity contribution >= 4 is 28.4 Å². The van der Waals surface area contributed by atoms with E-state index in [4.69, 9.17) is 17.3 Å². The highest BCUT2D eigenvalue weighted by Crippen LogP contribution is 2.21. The summed E-state index contributed by atoms with van der Waals surface area (Å²) in [5.74, 6) is -0.170. The Morgan fingerprint density at radius 1 is 1.45 bits per heavy atom. The van der Waals surface area contributed by atoms with Gasteiger partial charge >= 0.3 is 0 Å². The van der Waals surface area contributed by atoms with Gasteiger partial charge in [0.15, 0.2) is 0 Å². The highest BCUT2D eigenvalue weighted by molar-refractivity contribution is 6.21. The standard InChI is InChI=1S/C16H19ClN4O/c17-13-9-19-8-6-16(13,18)10-21-15(22)12-5-1-3-11-4-2-7-20-14(11)12/h1-5,7,13,19H,6,8-10,18H2,(H,21,22). The number of carbonyl (C=O) groups is 1. The topological polar surface area (TPSA) is 80.0 Å². The van der Waals surface area contributed by atoms with Crippen molar-refractivity contribution in [1.82, 2.24) is 15.6 Å². The van der Waals surface area contributed by atoms with Gasteiger partial charge in [-0.2, -0.15) is 0 Å². The monoisotopic (exact) mass is 318 g/mol. The largest absolute Gasteiger partial charge is 0.350 e. The Balaban J connectivity index is 1.76. The van der Waals surface area contributed by atoms with E-state index in [1.807, 2.05) is 24.3 Å². The number of nitrogens with two attached hydrogens (primary N) is 1. The van der Waals surface area contributed by atoms with E-state index in [-0.39, 0.29) is 11.3 Å². The predicted molar refractivity (Wildman–Crippen MR) is 88.1 cm³/mol. The summed E-state index contributed by atoms with van der Waals surface area (Å²) in [6.07, 6.45) is 2.42. The Kier molecular flexibility index (Phi) is 4.29. The van der Waals surface area contributed by atoms with Crippen LogP contribution in [0.5, 0.6) is 0 Å². The molecule has 0 aliphatic carbocycles. The third-order valence-electron chi connectivity index (χ3n) is 4.17. The maximum atomic E-state index is 12.5. The number of nitrogens with one attached hydrogen (secondary N) is 2. The molecule has 2 aromatic rings. The van der Waals surface area contributed by atoms with E-state index in [0.717, 1.165) is 18.4 Å². The van der Waals surface area contributed by atoms with Gasteiger partial charge in [-0.1, -0.05) is 18.2 Å². The molecule has 1 aliphatic rings. The SMILES string of the molecule is NC1(CNC(=O)c2cccc3cccnc23)CCNCC1Cl. The number of aromatic nitrogens is 1. The number of rotatable bonds is 3. The second kappa shape index (κ2) is 6.20. The molecule has 0 bridgehead atoms. The molecule has 1 aromatic carbocycles. The van der Waals surface area contributed by atoms with Crippen molar-refractivity contribution in [1.29, 1.82) is 0 Å². The molecule has 22 heavy (non-hydrogen) atoms. The number of fused-ring (bicyclic) bond motifs is 1. The summed E-state index contributed by atoms with van der Waals surface area (Å²) >= 11 is 6.30. The molecule has 4 N–H and O–H groups in total. The van der Waals surface area contributed by atoms with E-state index in [1.54, 1.807) is 12.3 Å². The molecule has 1 amide bonds. The van der Waals surface area contributed by atoms with Crippen LogP contribution in [0.25, 0.3) is 10.9 Å². The minimum absolute atomic E-state index is 0.170. The molecule has 1 aliphatic heterocycles. The van der Waals surface area contributed by atoms with Crippen LogP contribution >= 0.6 is 11.6 Å². The van der Waals surface area contributed by atoms with Gasteiger partial charge in [0.2, 0.25) is 0 Å². The molecule has 3 rings (SSSR count). The van der Waals surface area contributed by atoms with Crippen molar-refractivity contribution in [3.8, 4) is 0 Å². The van der Waals surface area contributed by atoms with Gasteiger partial charge in [0, 0.05) is 24.7 Å². The number of benzene rings is 1. The summed E-state index contributed by atoms with van der Waals surface area (Å²) in [6.45, 7) is 1.82. The van der Waals surface area contributed by atoms with Crippen molar-refractivity contribution in [2.45, 2.75) is 17.3 Å². The van der Waals surface area contributed by atoms with Crippen LogP contribution in [0.2, 0.25) is 0 Å². The molecule has 5 nitrogen and oxygen atoms in total. The van der Waals surface area contributed by atoms with Crippen molar-refractivity contribution in [2.75, 3.05) is 19.6 Å². The highest BCUT2D eigenvalue weighted by atomic mass is 35.5. The Morgan fingerprint density at radius 2 is 2.27 bits per heavy atom. The number of nitrogens with zero attached hydrogens (tertiary/aromatic N) is 1. The smallest absolute Gasteiger partial charge is 0.253 e. The summed E-state index contributed by atoms with van der Waals surface area (Å²) in [7, 11) is 0. The lowest BCUT2D eigenvalue weighted by atomic mass is 9.89. The first-order valence-electron chi connectivity index (χ1n) is 7.36. The van der Waals surface area contributed by atoms with Gasteiger partial charge in [0.1, 0.15) is 0 Å². The number of alkyl halides is 1. The second-order valence-corrected chi connectivity index (χ2v) is 6.25. The van der Waals surface area contributed by atoms with Gasteiger partial charge in [-0.15, -0.1) is 11.6 Å². The lowest BCUT2D eigenvalue weighted by Gasteiger charge is -2.38. The van der Waals surface area contributed by atoms with E-state index in [1.165, 1.54) is 0 Å². The van der Waals surface area contributed by atoms with Gasteiger partial charge in [-0.3, -0.25) is 9.78 Å². The molecule has 0 spiro atoms. The van der Waals surface area contributed by atoms with Gasteiger partial charge in [-0.25, -0.2) is 0 Å². The molecule has 2 atom stereocenters. The van der Waals surface area contributed by atoms with Crippen LogP contribution in [0, 0.1) is 0 Å². The fourth-order valence-electron chi connectivity index (χ4n) is 2.74. The van der Waals surface area contributed by atoms with E-state index in [0.29, 0.717) is 24.2 Å². The normalized spacial score (nSPS) is 25.1. The minimum Gasteiger partial charge on any atom is -0.350 e. The number of piperidine rings is 1. The Hall–Kier alpha value is -1.69. The Morgan fingerprint density at radius 3 is 3.09 bits per heavy atom. The first-order chi connectivity index (χ1) is 10.6. The van der Waals surface area contributed by atoms with E-state index >= 15 is 0 Å². The van der Waals surface area contributed by atoms with Crippen LogP contribution in [-0.2, 0) is 0 Å². The molecular weight excluding hydrogens is 300 g/mol. The van der Waals surface area contributed by atoms with Crippen LogP contribution < -0.4 is 16.4 Å². The van der Waals surface area contributed by atoms with Gasteiger partial charge in [0.05, 0.1) is 22.0 Å². The summed E-state index contributed by atoms with van der Waals surface area (Å²) in [5.41, 5.74) is 7.01. The lowest BCUT2D eigenvalue weighted by molar-refractivity contribution is 0.0941. The number of hydrogen-bond acceptors (Lipinski definition) is 4.